The number of carbonyl (C=O) groups excluding carboxylic acids is 2. The van der Waals surface area contributed by atoms with Crippen LogP contribution in [0, 0.1) is 11.3 Å². The number of carbonyl (C=O) groups is 2. The highest BCUT2D eigenvalue weighted by molar-refractivity contribution is 6.00. The Balaban J connectivity index is 5.01. The van der Waals surface area contributed by atoms with Gasteiger partial charge in [-0.3, -0.25) is 0 Å². The Morgan fingerprint density at radius 3 is 1.47 bits per heavy atom. The van der Waals surface area contributed by atoms with Crippen LogP contribution in [-0.2, 0) is 19.1 Å². The van der Waals surface area contributed by atoms with Gasteiger partial charge in [0.1, 0.15) is 0 Å². The second-order valence-electron chi connectivity index (χ2n) is 10.6. The first-order chi connectivity index (χ1) is 15.1. The van der Waals surface area contributed by atoms with Gasteiger partial charge in [-0.15, -0.1) is 0 Å². The largest absolute Gasteiger partial charge is 0.462 e. The van der Waals surface area contributed by atoms with Crippen molar-refractivity contribution in [2.24, 2.45) is 11.3 Å². The minimum atomic E-state index is -0.357. The van der Waals surface area contributed by atoms with E-state index in [4.69, 9.17) is 9.47 Å². The third-order valence-corrected chi connectivity index (χ3v) is 5.54. The van der Waals surface area contributed by atoms with E-state index >= 15 is 0 Å². The fourth-order valence-corrected chi connectivity index (χ4v) is 3.77. The molecule has 0 aromatic rings. The standard InChI is InChI=1S/C28H52O4/c1-8-10-12-14-16-18-20-31-26(29)24(22-28(5,6)7)25(23(3)4)27(30)32-21-19-17-15-13-11-9-2/h23H,8-22H2,1-7H3. The Morgan fingerprint density at radius 1 is 0.656 bits per heavy atom. The molecule has 0 unspecified atom stereocenters. The number of hydrogen-bond acceptors (Lipinski definition) is 4. The van der Waals surface area contributed by atoms with Crippen molar-refractivity contribution in [3.63, 3.8) is 0 Å². The number of ether oxygens (including phenoxy) is 2. The molecule has 0 atom stereocenters. The molecule has 0 heterocycles. The highest BCUT2D eigenvalue weighted by Gasteiger charge is 2.29. The third-order valence-electron chi connectivity index (χ3n) is 5.54. The van der Waals surface area contributed by atoms with Crippen LogP contribution in [-0.4, -0.2) is 25.2 Å². The van der Waals surface area contributed by atoms with Crippen molar-refractivity contribution < 1.29 is 19.1 Å². The molecule has 188 valence electrons. The van der Waals surface area contributed by atoms with Crippen LogP contribution < -0.4 is 0 Å². The van der Waals surface area contributed by atoms with E-state index in [2.05, 4.69) is 34.6 Å². The molecule has 0 spiro atoms. The van der Waals surface area contributed by atoms with E-state index in [9.17, 15) is 9.59 Å². The topological polar surface area (TPSA) is 52.6 Å². The van der Waals surface area contributed by atoms with Crippen LogP contribution in [0.5, 0.6) is 0 Å². The molecule has 0 fully saturated rings. The SMILES string of the molecule is CCCCCCCCOC(=O)C(CC(C)(C)C)=C(C(=O)OCCCCCCCC)C(C)C. The van der Waals surface area contributed by atoms with Crippen molar-refractivity contribution in [1.82, 2.24) is 0 Å². The summed E-state index contributed by atoms with van der Waals surface area (Å²) in [7, 11) is 0. The van der Waals surface area contributed by atoms with E-state index in [0.29, 0.717) is 30.8 Å². The summed E-state index contributed by atoms with van der Waals surface area (Å²) < 4.78 is 11.2. The van der Waals surface area contributed by atoms with E-state index in [1.54, 1.807) is 0 Å². The fourth-order valence-electron chi connectivity index (χ4n) is 3.77. The second-order valence-corrected chi connectivity index (χ2v) is 10.6. The maximum atomic E-state index is 13.0. The van der Waals surface area contributed by atoms with Crippen LogP contribution in [0.1, 0.15) is 132 Å². The Hall–Kier alpha value is -1.32. The van der Waals surface area contributed by atoms with Gasteiger partial charge in [-0.05, 0) is 30.6 Å². The molecule has 0 saturated carbocycles. The first-order valence-electron chi connectivity index (χ1n) is 13.2. The number of esters is 2. The summed E-state index contributed by atoms with van der Waals surface area (Å²) in [4.78, 5) is 25.9. The van der Waals surface area contributed by atoms with Crippen molar-refractivity contribution in [1.29, 1.82) is 0 Å². The van der Waals surface area contributed by atoms with Crippen molar-refractivity contribution in [2.45, 2.75) is 132 Å². The molecule has 0 saturated heterocycles. The van der Waals surface area contributed by atoms with Crippen LogP contribution in [0.25, 0.3) is 0 Å². The molecule has 0 radical (unpaired) electrons. The lowest BCUT2D eigenvalue weighted by molar-refractivity contribution is -0.143. The molecule has 0 bridgehead atoms. The zero-order valence-corrected chi connectivity index (χ0v) is 22.3. The molecule has 0 aliphatic heterocycles. The van der Waals surface area contributed by atoms with Gasteiger partial charge in [0.05, 0.1) is 18.8 Å². The zero-order chi connectivity index (χ0) is 24.4. The van der Waals surface area contributed by atoms with Gasteiger partial charge in [0, 0.05) is 5.57 Å². The van der Waals surface area contributed by atoms with Crippen LogP contribution in [0.2, 0.25) is 0 Å². The molecular weight excluding hydrogens is 400 g/mol. The second kappa shape index (κ2) is 18.1. The Morgan fingerprint density at radius 2 is 1.06 bits per heavy atom. The van der Waals surface area contributed by atoms with E-state index in [0.717, 1.165) is 25.7 Å². The Bertz CT molecular complexity index is 540. The average Bonchev–Trinajstić information content (AvgIpc) is 2.70. The van der Waals surface area contributed by atoms with Gasteiger partial charge in [-0.25, -0.2) is 9.59 Å². The summed E-state index contributed by atoms with van der Waals surface area (Å²) in [5.74, 6) is -0.802. The molecule has 0 aromatic carbocycles. The van der Waals surface area contributed by atoms with Gasteiger partial charge in [0.25, 0.3) is 0 Å². The summed E-state index contributed by atoms with van der Waals surface area (Å²) in [6, 6.07) is 0. The molecule has 0 aliphatic rings. The molecule has 4 heteroatoms. The molecule has 0 aliphatic carbocycles. The molecule has 0 amide bonds. The van der Waals surface area contributed by atoms with Gasteiger partial charge in [0.15, 0.2) is 0 Å². The third kappa shape index (κ3) is 15.5. The van der Waals surface area contributed by atoms with E-state index in [1.807, 2.05) is 13.8 Å². The average molecular weight is 453 g/mol. The van der Waals surface area contributed by atoms with Gasteiger partial charge in [0.2, 0.25) is 0 Å². The van der Waals surface area contributed by atoms with Crippen molar-refractivity contribution in [3.05, 3.63) is 11.1 Å². The monoisotopic (exact) mass is 452 g/mol. The molecule has 32 heavy (non-hydrogen) atoms. The number of hydrogen-bond donors (Lipinski definition) is 0. The summed E-state index contributed by atoms with van der Waals surface area (Å²) in [5, 5.41) is 0. The van der Waals surface area contributed by atoms with E-state index in [-0.39, 0.29) is 23.3 Å². The normalized spacial score (nSPS) is 12.6. The summed E-state index contributed by atoms with van der Waals surface area (Å²) in [6.07, 6.45) is 14.2. The fraction of sp³-hybridized carbons (Fsp3) is 0.857. The predicted molar refractivity (Wildman–Crippen MR) is 135 cm³/mol. The molecular formula is C28H52O4. The minimum Gasteiger partial charge on any atom is -0.462 e. The molecule has 0 aromatic heterocycles. The molecule has 0 N–H and O–H groups in total. The number of rotatable bonds is 18. The molecule has 4 nitrogen and oxygen atoms in total. The smallest absolute Gasteiger partial charge is 0.334 e. The van der Waals surface area contributed by atoms with E-state index in [1.165, 1.54) is 51.4 Å². The summed E-state index contributed by atoms with van der Waals surface area (Å²) in [6.45, 7) is 15.4. The van der Waals surface area contributed by atoms with Gasteiger partial charge < -0.3 is 9.47 Å². The first-order valence-corrected chi connectivity index (χ1v) is 13.2. The number of unbranched alkanes of at least 4 members (excludes halogenated alkanes) is 10. The Kier molecular flexibility index (Phi) is 17.4. The van der Waals surface area contributed by atoms with Crippen LogP contribution in [0.4, 0.5) is 0 Å². The Labute approximate surface area is 198 Å². The summed E-state index contributed by atoms with van der Waals surface area (Å²) >= 11 is 0. The van der Waals surface area contributed by atoms with E-state index < -0.39 is 0 Å². The highest BCUT2D eigenvalue weighted by atomic mass is 16.5. The van der Waals surface area contributed by atoms with Crippen molar-refractivity contribution in [3.8, 4) is 0 Å². The van der Waals surface area contributed by atoms with Crippen LogP contribution in [0.3, 0.4) is 0 Å². The van der Waals surface area contributed by atoms with Gasteiger partial charge in [-0.2, -0.15) is 0 Å². The maximum absolute atomic E-state index is 13.0. The van der Waals surface area contributed by atoms with Crippen LogP contribution in [0.15, 0.2) is 11.1 Å². The van der Waals surface area contributed by atoms with Gasteiger partial charge in [-0.1, -0.05) is 113 Å². The van der Waals surface area contributed by atoms with Crippen LogP contribution >= 0.6 is 0 Å². The maximum Gasteiger partial charge on any atom is 0.334 e. The first kappa shape index (κ1) is 30.7. The molecule has 0 rings (SSSR count). The zero-order valence-electron chi connectivity index (χ0n) is 22.3. The summed E-state index contributed by atoms with van der Waals surface area (Å²) in [5.41, 5.74) is 0.846. The minimum absolute atomic E-state index is 0.0917. The van der Waals surface area contributed by atoms with Crippen molar-refractivity contribution >= 4 is 11.9 Å². The lowest BCUT2D eigenvalue weighted by Crippen LogP contribution is -2.23. The lowest BCUT2D eigenvalue weighted by atomic mass is 9.83. The predicted octanol–water partition coefficient (Wildman–Crippen LogP) is 8.18. The van der Waals surface area contributed by atoms with Gasteiger partial charge >= 0.3 is 11.9 Å². The lowest BCUT2D eigenvalue weighted by Gasteiger charge is -2.23. The quantitative estimate of drug-likeness (QED) is 0.119. The van der Waals surface area contributed by atoms with Crippen molar-refractivity contribution in [2.75, 3.05) is 13.2 Å². The highest BCUT2D eigenvalue weighted by Crippen LogP contribution is 2.30.